The Kier molecular flexibility index (Phi) is 4.10. The lowest BCUT2D eigenvalue weighted by Crippen LogP contribution is -2.65. The molecular weight excluding hydrogens is 448 g/mol. The molecular formula is C22H16N4O8. The maximum absolute atomic E-state index is 13.4. The number of fused-ring (bicyclic) bond motifs is 4. The molecule has 2 saturated heterocycles. The van der Waals surface area contributed by atoms with Crippen molar-refractivity contribution in [1.29, 1.82) is 0 Å². The maximum Gasteiger partial charge on any atom is 0.269 e. The number of nitro groups is 2. The van der Waals surface area contributed by atoms with Gasteiger partial charge in [-0.25, -0.2) is 9.80 Å². The summed E-state index contributed by atoms with van der Waals surface area (Å²) in [5, 5.41) is 21.8. The number of carbonyl (C=O) groups is 4. The minimum atomic E-state index is -1.48. The highest BCUT2D eigenvalue weighted by Crippen LogP contribution is 2.71. The molecule has 1 saturated carbocycles. The average Bonchev–Trinajstić information content (AvgIpc) is 3.07. The Morgan fingerprint density at radius 1 is 0.647 bits per heavy atom. The highest BCUT2D eigenvalue weighted by atomic mass is 16.6. The second-order valence-electron chi connectivity index (χ2n) is 8.94. The van der Waals surface area contributed by atoms with Crippen molar-refractivity contribution in [1.82, 2.24) is 0 Å². The summed E-state index contributed by atoms with van der Waals surface area (Å²) in [6.45, 7) is 2.94. The van der Waals surface area contributed by atoms with Gasteiger partial charge in [0.15, 0.2) is 0 Å². The van der Waals surface area contributed by atoms with Crippen molar-refractivity contribution in [2.75, 3.05) is 9.80 Å². The standard InChI is InChI=1S/C22H16N4O8/c1-21-15(17(27)23(19(21)29)11-3-7-13(8-4-11)25(31)32)22(2)16(21)18(28)24(20(22)30)12-5-9-14(10-6-12)26(33)34/h3-10,15-16H,1-2H3. The zero-order valence-electron chi connectivity index (χ0n) is 17.8. The van der Waals surface area contributed by atoms with Crippen molar-refractivity contribution < 1.29 is 29.0 Å². The first-order valence-electron chi connectivity index (χ1n) is 10.2. The van der Waals surface area contributed by atoms with Crippen LogP contribution in [0.25, 0.3) is 0 Å². The molecule has 34 heavy (non-hydrogen) atoms. The third-order valence-electron chi connectivity index (χ3n) is 7.30. The molecule has 3 fully saturated rings. The van der Waals surface area contributed by atoms with Gasteiger partial charge in [0.1, 0.15) is 0 Å². The van der Waals surface area contributed by atoms with E-state index >= 15 is 0 Å². The van der Waals surface area contributed by atoms with Gasteiger partial charge in [0.25, 0.3) is 11.4 Å². The van der Waals surface area contributed by atoms with Crippen LogP contribution in [0.15, 0.2) is 48.5 Å². The monoisotopic (exact) mass is 464 g/mol. The van der Waals surface area contributed by atoms with Crippen molar-refractivity contribution in [2.24, 2.45) is 22.7 Å². The topological polar surface area (TPSA) is 161 Å². The van der Waals surface area contributed by atoms with E-state index in [4.69, 9.17) is 0 Å². The summed E-state index contributed by atoms with van der Waals surface area (Å²) in [6.07, 6.45) is 0. The number of amides is 4. The first-order chi connectivity index (χ1) is 16.0. The summed E-state index contributed by atoms with van der Waals surface area (Å²) in [4.78, 5) is 76.0. The van der Waals surface area contributed by atoms with Crippen LogP contribution in [0.5, 0.6) is 0 Å². The van der Waals surface area contributed by atoms with Gasteiger partial charge in [-0.2, -0.15) is 0 Å². The Morgan fingerprint density at radius 3 is 1.21 bits per heavy atom. The molecule has 172 valence electrons. The van der Waals surface area contributed by atoms with Gasteiger partial charge < -0.3 is 0 Å². The van der Waals surface area contributed by atoms with E-state index in [1.54, 1.807) is 0 Å². The molecule has 2 heterocycles. The van der Waals surface area contributed by atoms with Crippen molar-refractivity contribution in [3.63, 3.8) is 0 Å². The van der Waals surface area contributed by atoms with E-state index in [-0.39, 0.29) is 22.7 Å². The lowest BCUT2D eigenvalue weighted by Gasteiger charge is -2.53. The molecule has 0 atom stereocenters. The number of nitrogens with zero attached hydrogens (tertiary/aromatic N) is 4. The van der Waals surface area contributed by atoms with Gasteiger partial charge in [-0.3, -0.25) is 39.4 Å². The van der Waals surface area contributed by atoms with Gasteiger partial charge in [-0.05, 0) is 38.1 Å². The molecule has 4 amide bonds. The highest BCUT2D eigenvalue weighted by molar-refractivity contribution is 6.34. The summed E-state index contributed by atoms with van der Waals surface area (Å²) in [6, 6.07) is 9.72. The van der Waals surface area contributed by atoms with Crippen molar-refractivity contribution in [3.05, 3.63) is 68.8 Å². The average molecular weight is 464 g/mol. The van der Waals surface area contributed by atoms with Crippen LogP contribution < -0.4 is 9.80 Å². The quantitative estimate of drug-likeness (QED) is 0.378. The Hall–Kier alpha value is -4.48. The fourth-order valence-corrected chi connectivity index (χ4v) is 5.88. The first kappa shape index (κ1) is 21.4. The lowest BCUT2D eigenvalue weighted by atomic mass is 9.41. The predicted molar refractivity (Wildman–Crippen MR) is 114 cm³/mol. The first-order valence-corrected chi connectivity index (χ1v) is 10.2. The van der Waals surface area contributed by atoms with E-state index in [1.807, 2.05) is 0 Å². The van der Waals surface area contributed by atoms with Crippen molar-refractivity contribution in [3.8, 4) is 0 Å². The van der Waals surface area contributed by atoms with E-state index in [0.29, 0.717) is 0 Å². The number of hydrogen-bond acceptors (Lipinski definition) is 8. The molecule has 0 aromatic heterocycles. The zero-order valence-corrected chi connectivity index (χ0v) is 17.8. The van der Waals surface area contributed by atoms with Crippen LogP contribution in [0.2, 0.25) is 0 Å². The normalized spacial score (nSPS) is 29.7. The third kappa shape index (κ3) is 2.31. The van der Waals surface area contributed by atoms with E-state index in [2.05, 4.69) is 0 Å². The molecule has 3 aliphatic rings. The molecule has 2 aromatic carbocycles. The van der Waals surface area contributed by atoms with E-state index in [0.717, 1.165) is 34.1 Å². The van der Waals surface area contributed by atoms with Gasteiger partial charge in [0.2, 0.25) is 23.6 Å². The molecule has 0 spiro atoms. The summed E-state index contributed by atoms with van der Waals surface area (Å²) in [7, 11) is 0. The number of hydrogen-bond donors (Lipinski definition) is 0. The number of non-ortho nitro benzene ring substituents is 2. The Labute approximate surface area is 191 Å². The third-order valence-corrected chi connectivity index (χ3v) is 7.30. The van der Waals surface area contributed by atoms with Crippen LogP contribution in [0.3, 0.4) is 0 Å². The van der Waals surface area contributed by atoms with Crippen LogP contribution in [0.4, 0.5) is 22.7 Å². The van der Waals surface area contributed by atoms with Crippen LogP contribution in [-0.4, -0.2) is 33.5 Å². The maximum atomic E-state index is 13.4. The minimum absolute atomic E-state index is 0.116. The van der Waals surface area contributed by atoms with Crippen LogP contribution in [0, 0.1) is 42.9 Å². The zero-order chi connectivity index (χ0) is 24.7. The molecule has 5 rings (SSSR count). The molecule has 0 unspecified atom stereocenters. The molecule has 1 aliphatic carbocycles. The van der Waals surface area contributed by atoms with Crippen LogP contribution in [0.1, 0.15) is 13.8 Å². The smallest absolute Gasteiger partial charge is 0.269 e. The summed E-state index contributed by atoms with van der Waals surface area (Å²) >= 11 is 0. The molecule has 12 nitrogen and oxygen atoms in total. The Morgan fingerprint density at radius 2 is 0.941 bits per heavy atom. The summed E-state index contributed by atoms with van der Waals surface area (Å²) in [5.41, 5.74) is -3.16. The van der Waals surface area contributed by atoms with Gasteiger partial charge in [-0.15, -0.1) is 0 Å². The number of anilines is 2. The summed E-state index contributed by atoms with van der Waals surface area (Å²) < 4.78 is 0. The molecule has 12 heteroatoms. The Bertz CT molecular complexity index is 1220. The number of nitro benzene ring substituents is 2. The van der Waals surface area contributed by atoms with Crippen LogP contribution in [-0.2, 0) is 19.2 Å². The lowest BCUT2D eigenvalue weighted by molar-refractivity contribution is -0.385. The molecule has 2 aromatic rings. The highest BCUT2D eigenvalue weighted by Gasteiger charge is 2.85. The van der Waals surface area contributed by atoms with E-state index in [1.165, 1.54) is 38.1 Å². The largest absolute Gasteiger partial charge is 0.274 e. The second kappa shape index (κ2) is 6.53. The van der Waals surface area contributed by atoms with Crippen molar-refractivity contribution in [2.45, 2.75) is 13.8 Å². The molecule has 0 bridgehead atoms. The van der Waals surface area contributed by atoms with Gasteiger partial charge in [0.05, 0.1) is 43.9 Å². The number of benzene rings is 2. The molecule has 0 N–H and O–H groups in total. The van der Waals surface area contributed by atoms with Crippen molar-refractivity contribution >= 4 is 46.4 Å². The van der Waals surface area contributed by atoms with Gasteiger partial charge in [0, 0.05) is 24.3 Å². The minimum Gasteiger partial charge on any atom is -0.274 e. The fraction of sp³-hybridized carbons (Fsp3) is 0.273. The van der Waals surface area contributed by atoms with Gasteiger partial charge in [-0.1, -0.05) is 0 Å². The number of imide groups is 2. The second-order valence-corrected chi connectivity index (χ2v) is 8.94. The number of carbonyl (C=O) groups excluding carboxylic acids is 4. The van der Waals surface area contributed by atoms with E-state index in [9.17, 15) is 39.4 Å². The fourth-order valence-electron chi connectivity index (χ4n) is 5.88. The molecule has 0 radical (unpaired) electrons. The predicted octanol–water partition coefficient (Wildman–Crippen LogP) is 2.21. The molecule has 2 aliphatic heterocycles. The van der Waals surface area contributed by atoms with E-state index < -0.39 is 56.1 Å². The summed E-state index contributed by atoms with van der Waals surface area (Å²) in [5.74, 6) is -4.85. The van der Waals surface area contributed by atoms with Crippen LogP contribution >= 0.6 is 0 Å². The number of rotatable bonds is 4. The Balaban J connectivity index is 1.52. The SMILES string of the molecule is CC12C(=O)N(c3ccc([N+](=O)[O-])cc3)C(=O)C1C1(C)C(=O)N(c3ccc([N+](=O)[O-])cc3)C(=O)C21. The van der Waals surface area contributed by atoms with Gasteiger partial charge >= 0.3 is 0 Å².